The van der Waals surface area contributed by atoms with Crippen LogP contribution in [-0.4, -0.2) is 39.6 Å². The van der Waals surface area contributed by atoms with Crippen LogP contribution in [0.5, 0.6) is 0 Å². The number of hydrogen-bond acceptors (Lipinski definition) is 12. The van der Waals surface area contributed by atoms with E-state index in [0.717, 1.165) is 69.1 Å². The van der Waals surface area contributed by atoms with E-state index in [2.05, 4.69) is 127 Å². The molecule has 0 unspecified atom stereocenters. The number of nitrogens with one attached hydrogen (secondary N) is 2. The molecule has 0 fully saturated rings. The first kappa shape index (κ1) is 47.8. The van der Waals surface area contributed by atoms with Gasteiger partial charge in [0.15, 0.2) is 0 Å². The summed E-state index contributed by atoms with van der Waals surface area (Å²) in [5.41, 5.74) is 10.7. The molecular formula is C41H46N5O8S3-. The van der Waals surface area contributed by atoms with E-state index in [-0.39, 0.29) is 0 Å². The average Bonchev–Trinajstić information content (AvgIpc) is 3.21. The van der Waals surface area contributed by atoms with E-state index >= 15 is 0 Å². The van der Waals surface area contributed by atoms with Crippen LogP contribution >= 0.6 is 12.0 Å². The second-order valence-corrected chi connectivity index (χ2v) is 14.2. The summed E-state index contributed by atoms with van der Waals surface area (Å²) in [6.45, 7) is 4.00. The van der Waals surface area contributed by atoms with Gasteiger partial charge in [0.25, 0.3) is 10.1 Å². The van der Waals surface area contributed by atoms with Crippen molar-refractivity contribution < 1.29 is 35.3 Å². The van der Waals surface area contributed by atoms with E-state index in [4.69, 9.17) is 23.2 Å². The van der Waals surface area contributed by atoms with Gasteiger partial charge in [-0.05, 0) is 107 Å². The molecule has 1 aliphatic rings. The summed E-state index contributed by atoms with van der Waals surface area (Å²) in [6, 6.07) is 47.7. The number of aliphatic imine (C=N–C) groups is 1. The van der Waals surface area contributed by atoms with Gasteiger partial charge in [-0.25, -0.2) is 10.1 Å². The number of benzene rings is 5. The second-order valence-electron chi connectivity index (χ2n) is 11.1. The summed E-state index contributed by atoms with van der Waals surface area (Å²) in [4.78, 5) is 4.76. The predicted molar refractivity (Wildman–Crippen MR) is 232 cm³/mol. The monoisotopic (exact) mass is 832 g/mol. The Labute approximate surface area is 339 Å². The van der Waals surface area contributed by atoms with Crippen molar-refractivity contribution in [3.63, 3.8) is 0 Å². The molecule has 13 nitrogen and oxygen atoms in total. The highest BCUT2D eigenvalue weighted by molar-refractivity contribution is 7.93. The lowest BCUT2D eigenvalue weighted by Gasteiger charge is -2.16. The molecule has 5 aromatic rings. The molecule has 0 radical (unpaired) electrons. The lowest BCUT2D eigenvalue weighted by molar-refractivity contribution is -0.629. The van der Waals surface area contributed by atoms with Crippen molar-refractivity contribution >= 4 is 72.2 Å². The molecule has 0 bridgehead atoms. The van der Waals surface area contributed by atoms with Crippen molar-refractivity contribution in [2.45, 2.75) is 13.8 Å². The third-order valence-electron chi connectivity index (χ3n) is 6.89. The molecular weight excluding hydrogens is 787 g/mol. The van der Waals surface area contributed by atoms with Crippen LogP contribution in [0.3, 0.4) is 0 Å². The van der Waals surface area contributed by atoms with Gasteiger partial charge in [0.05, 0.1) is 17.7 Å². The minimum atomic E-state index is -4.17. The summed E-state index contributed by atoms with van der Waals surface area (Å²) >= 11 is 0.801. The molecule has 5 aromatic carbocycles. The van der Waals surface area contributed by atoms with Crippen LogP contribution in [-0.2, 0) is 29.0 Å². The number of hydrogen-bond donors (Lipinski definition) is 5. The quantitative estimate of drug-likeness (QED) is 0.0413. The first-order valence-corrected chi connectivity index (χ1v) is 21.5. The van der Waals surface area contributed by atoms with E-state index in [1.807, 2.05) is 80.6 Å². The van der Waals surface area contributed by atoms with Gasteiger partial charge in [0.2, 0.25) is 0 Å². The smallest absolute Gasteiger partial charge is 0.330 e. The fourth-order valence-electron chi connectivity index (χ4n) is 4.67. The molecule has 0 amide bonds. The van der Waals surface area contributed by atoms with Gasteiger partial charge in [-0.3, -0.25) is 4.55 Å². The van der Waals surface area contributed by atoms with Crippen LogP contribution in [0.25, 0.3) is 5.57 Å². The van der Waals surface area contributed by atoms with Crippen LogP contribution in [0.2, 0.25) is 0 Å². The van der Waals surface area contributed by atoms with Gasteiger partial charge in [0, 0.05) is 29.0 Å². The van der Waals surface area contributed by atoms with Crippen LogP contribution in [0, 0.1) is 0 Å². The Morgan fingerprint density at radius 2 is 0.965 bits per heavy atom. The summed E-state index contributed by atoms with van der Waals surface area (Å²) < 4.78 is 51.1. The van der Waals surface area contributed by atoms with Gasteiger partial charge in [0.1, 0.15) is 0 Å². The Balaban J connectivity index is 0.000000560. The Hall–Kier alpha value is -5.40. The minimum absolute atomic E-state index is 0.801. The van der Waals surface area contributed by atoms with Gasteiger partial charge in [-0.2, -0.15) is 27.0 Å². The molecule has 0 saturated carbocycles. The molecule has 302 valence electrons. The van der Waals surface area contributed by atoms with Gasteiger partial charge >= 0.3 is 10.3 Å². The molecule has 6 rings (SSSR count). The molecule has 0 aliphatic heterocycles. The van der Waals surface area contributed by atoms with E-state index in [9.17, 15) is 8.42 Å². The number of rotatable bonds is 9. The molecule has 16 heteroatoms. The summed E-state index contributed by atoms with van der Waals surface area (Å²) in [5.74, 6) is 4.22. The average molecular weight is 833 g/mol. The lowest BCUT2D eigenvalue weighted by Crippen LogP contribution is -2.08. The molecule has 0 spiro atoms. The molecule has 0 aromatic heterocycles. The molecule has 7 N–H and O–H groups in total. The zero-order chi connectivity index (χ0) is 42.1. The van der Waals surface area contributed by atoms with Crippen molar-refractivity contribution in [1.82, 2.24) is 0 Å². The lowest BCUT2D eigenvalue weighted by atomic mass is 9.90. The van der Waals surface area contributed by atoms with Crippen LogP contribution in [0.15, 0.2) is 174 Å². The number of nitrogens with zero attached hydrogens (tertiary/aromatic N) is 1. The van der Waals surface area contributed by atoms with E-state index in [1.165, 1.54) is 5.57 Å². The fraction of sp³-hybridized carbons (Fsp3) is 0.0976. The largest absolute Gasteiger partial charge is 0.711 e. The maximum Gasteiger partial charge on any atom is 0.330 e. The zero-order valence-corrected chi connectivity index (χ0v) is 34.2. The van der Waals surface area contributed by atoms with E-state index < -0.39 is 20.4 Å². The summed E-state index contributed by atoms with van der Waals surface area (Å²) in [6.07, 6.45) is 10.9. The molecule has 1 aliphatic carbocycles. The second kappa shape index (κ2) is 25.7. The molecule has 0 heterocycles. The predicted octanol–water partition coefficient (Wildman–Crippen LogP) is 8.04. The maximum absolute atomic E-state index is 9.65. The Bertz CT molecular complexity index is 2140. The third kappa shape index (κ3) is 20.4. The Morgan fingerprint density at radius 1 is 0.649 bits per heavy atom. The SMILES string of the molecule is C1=CC(=C(c2ccc(Nc3ccccc3)cc2)c2ccc(Nc3ccccc3)cc2)C=CC1=Nc1ccccc1.CC.CS(=O)(=O)ON.CSO[O-].NS(=O)(=O)O. The minimum Gasteiger partial charge on any atom is -0.711 e. The van der Waals surface area contributed by atoms with Gasteiger partial charge < -0.3 is 20.2 Å². The van der Waals surface area contributed by atoms with Crippen LogP contribution < -0.4 is 26.9 Å². The molecule has 57 heavy (non-hydrogen) atoms. The first-order chi connectivity index (χ1) is 27.3. The van der Waals surface area contributed by atoms with E-state index in [1.54, 1.807) is 6.26 Å². The van der Waals surface area contributed by atoms with E-state index in [0.29, 0.717) is 0 Å². The number of anilines is 4. The van der Waals surface area contributed by atoms with Crippen molar-refractivity contribution in [3.05, 3.63) is 181 Å². The zero-order valence-electron chi connectivity index (χ0n) is 31.7. The highest BCUT2D eigenvalue weighted by Gasteiger charge is 2.12. The van der Waals surface area contributed by atoms with Crippen LogP contribution in [0.1, 0.15) is 25.0 Å². The highest BCUT2D eigenvalue weighted by atomic mass is 32.2. The van der Waals surface area contributed by atoms with Crippen LogP contribution in [0.4, 0.5) is 28.4 Å². The van der Waals surface area contributed by atoms with Crippen molar-refractivity contribution in [1.29, 1.82) is 0 Å². The summed E-state index contributed by atoms with van der Waals surface area (Å²) in [5, 5.41) is 19.6. The molecule has 0 saturated heterocycles. The van der Waals surface area contributed by atoms with Crippen molar-refractivity contribution in [2.24, 2.45) is 16.0 Å². The van der Waals surface area contributed by atoms with Gasteiger partial charge in [-0.15, -0.1) is 0 Å². The third-order valence-corrected chi connectivity index (χ3v) is 7.37. The fourth-order valence-corrected chi connectivity index (χ4v) is 4.67. The first-order valence-electron chi connectivity index (χ1n) is 17.0. The van der Waals surface area contributed by atoms with Gasteiger partial charge in [-0.1, -0.05) is 105 Å². The van der Waals surface area contributed by atoms with Crippen molar-refractivity contribution in [2.75, 3.05) is 23.1 Å². The Kier molecular flexibility index (Phi) is 21.5. The van der Waals surface area contributed by atoms with Crippen molar-refractivity contribution in [3.8, 4) is 0 Å². The number of para-hydroxylation sites is 3. The highest BCUT2D eigenvalue weighted by Crippen LogP contribution is 2.32. The number of allylic oxidation sites excluding steroid dienone is 5. The normalized spacial score (nSPS) is 11.4. The molecule has 0 atom stereocenters. The standard InChI is InChI=1S/C37H29N3.C2H6.CH5NO3S.CH4O2S.H3NO3S/c1-4-10-31(11-5-1)38-34-22-16-28(17-23-34)37(29-18-24-35(25-19-29)39-32-12-6-2-7-13-32)30-20-26-36(27-21-30)40-33-14-8-3-9-15-33;1-2;1-6(3,4)5-2;1-4-3-2;1-5(2,3)4/h1-27,38-39H;1-2H3;2H2,1H3;2H,1H3;(H3,1,2,3,4)/p-1. The number of nitrogens with two attached hydrogens (primary N) is 2. The maximum atomic E-state index is 9.65. The summed E-state index contributed by atoms with van der Waals surface area (Å²) in [7, 11) is -7.55. The topological polar surface area (TPSA) is 218 Å². The Morgan fingerprint density at radius 3 is 1.28 bits per heavy atom.